The molecule has 4 heterocycles. The standard InChI is InChI=1S/C41H35IN5O6/c1-50-35-16-29-31(44-20-28-14-25-7-3-5-9-33(25)46(28)40(29)48)18-37(35)52-21-23-11-24(13-27(43)12-23)22-53-38-19-32-30(17-36(38)51-2)41(49)47-34-10-6-4-8-26(34)15-39(47)42-45-32/h3-13,16-20,28,39,45H,14-15,21-22,43H2,1-2H3/q-1/t28-,39?/m0/s1. The van der Waals surface area contributed by atoms with Crippen molar-refractivity contribution in [2.24, 2.45) is 4.99 Å². The number of anilines is 4. The van der Waals surface area contributed by atoms with Crippen LogP contribution in [-0.4, -0.2) is 42.3 Å². The van der Waals surface area contributed by atoms with Crippen molar-refractivity contribution in [1.29, 1.82) is 0 Å². The predicted molar refractivity (Wildman–Crippen MR) is 199 cm³/mol. The summed E-state index contributed by atoms with van der Waals surface area (Å²) in [7, 11) is 3.12. The van der Waals surface area contributed by atoms with Gasteiger partial charge in [-0.1, -0.05) is 18.2 Å². The summed E-state index contributed by atoms with van der Waals surface area (Å²) >= 11 is -0.565. The zero-order chi connectivity index (χ0) is 36.2. The van der Waals surface area contributed by atoms with Gasteiger partial charge in [0.2, 0.25) is 0 Å². The molecule has 1 unspecified atom stereocenters. The van der Waals surface area contributed by atoms with E-state index in [0.717, 1.165) is 40.2 Å². The third kappa shape index (κ3) is 5.86. The van der Waals surface area contributed by atoms with E-state index in [1.165, 1.54) is 5.56 Å². The van der Waals surface area contributed by atoms with Crippen LogP contribution in [0.4, 0.5) is 28.4 Å². The van der Waals surface area contributed by atoms with Crippen LogP contribution in [-0.2, 0) is 26.1 Å². The maximum Gasteiger partial charge on any atom is 0.261 e. The minimum absolute atomic E-state index is 0.0411. The number of methoxy groups -OCH3 is 2. The van der Waals surface area contributed by atoms with Crippen molar-refractivity contribution in [1.82, 2.24) is 0 Å². The van der Waals surface area contributed by atoms with Gasteiger partial charge in [0.05, 0.1) is 24.4 Å². The van der Waals surface area contributed by atoms with Crippen molar-refractivity contribution in [3.8, 4) is 23.0 Å². The topological polar surface area (TPSA) is 128 Å². The molecule has 4 aliphatic rings. The van der Waals surface area contributed by atoms with Crippen LogP contribution in [0.3, 0.4) is 0 Å². The van der Waals surface area contributed by atoms with Crippen LogP contribution in [0, 0.1) is 0 Å². The van der Waals surface area contributed by atoms with Gasteiger partial charge in [-0.2, -0.15) is 0 Å². The number of nitrogens with one attached hydrogen (secondary N) is 1. The first-order chi connectivity index (χ1) is 25.9. The van der Waals surface area contributed by atoms with E-state index in [4.69, 9.17) is 29.7 Å². The van der Waals surface area contributed by atoms with Crippen LogP contribution in [0.15, 0.2) is 96.0 Å². The van der Waals surface area contributed by atoms with E-state index in [1.807, 2.05) is 82.7 Å². The third-order valence-electron chi connectivity index (χ3n) is 9.95. The second kappa shape index (κ2) is 13.3. The maximum absolute atomic E-state index is 13.9. The molecule has 0 aliphatic carbocycles. The molecule has 0 spiro atoms. The Morgan fingerprint density at radius 3 is 2.04 bits per heavy atom. The number of para-hydroxylation sites is 2. The zero-order valence-corrected chi connectivity index (χ0v) is 31.1. The molecule has 0 fully saturated rings. The first kappa shape index (κ1) is 33.1. The number of nitrogen functional groups attached to an aromatic ring is 1. The predicted octanol–water partition coefficient (Wildman–Crippen LogP) is 3.69. The van der Waals surface area contributed by atoms with Gasteiger partial charge in [0, 0.05) is 24.4 Å². The van der Waals surface area contributed by atoms with E-state index in [-0.39, 0.29) is 35.1 Å². The fourth-order valence-electron chi connectivity index (χ4n) is 7.47. The molecule has 0 aromatic heterocycles. The van der Waals surface area contributed by atoms with Crippen molar-refractivity contribution in [2.45, 2.75) is 36.1 Å². The summed E-state index contributed by atoms with van der Waals surface area (Å²) < 4.78 is 27.7. The molecule has 5 aromatic carbocycles. The Labute approximate surface area is 316 Å². The number of carbonyl (C=O) groups is 2. The van der Waals surface area contributed by atoms with Gasteiger partial charge in [-0.05, 0) is 17.7 Å². The van der Waals surface area contributed by atoms with E-state index in [1.54, 1.807) is 32.4 Å². The van der Waals surface area contributed by atoms with Crippen LogP contribution in [0.5, 0.6) is 23.0 Å². The molecular weight excluding hydrogens is 785 g/mol. The number of ether oxygens (including phenoxy) is 4. The van der Waals surface area contributed by atoms with E-state index in [2.05, 4.69) is 9.60 Å². The summed E-state index contributed by atoms with van der Waals surface area (Å²) in [6.07, 6.45) is 3.40. The number of hydrogen-bond donors (Lipinski definition) is 2. The van der Waals surface area contributed by atoms with Gasteiger partial charge in [0.15, 0.2) is 5.75 Å². The Morgan fingerprint density at radius 1 is 0.736 bits per heavy atom. The molecule has 2 amide bonds. The number of hydrogen-bond acceptors (Lipinski definition) is 9. The van der Waals surface area contributed by atoms with Crippen LogP contribution < -0.4 is 59.5 Å². The number of nitrogens with zero attached hydrogens (tertiary/aromatic N) is 3. The minimum atomic E-state index is -0.565. The van der Waals surface area contributed by atoms with Gasteiger partial charge in [-0.3, -0.25) is 14.7 Å². The van der Waals surface area contributed by atoms with Gasteiger partial charge < -0.3 is 4.74 Å². The number of nitrogens with two attached hydrogens (primary N) is 1. The van der Waals surface area contributed by atoms with E-state index in [0.29, 0.717) is 51.9 Å². The van der Waals surface area contributed by atoms with Crippen LogP contribution in [0.1, 0.15) is 43.0 Å². The Kier molecular flexibility index (Phi) is 8.33. The third-order valence-corrected chi connectivity index (χ3v) is 12.6. The van der Waals surface area contributed by atoms with Crippen LogP contribution in [0.2, 0.25) is 0 Å². The number of aliphatic imine (C=N–C) groups is 1. The van der Waals surface area contributed by atoms with Gasteiger partial charge in [0.1, 0.15) is 0 Å². The number of amides is 2. The van der Waals surface area contributed by atoms with E-state index < -0.39 is 21.5 Å². The van der Waals surface area contributed by atoms with Gasteiger partial charge in [-0.25, -0.2) is 0 Å². The summed E-state index contributed by atoms with van der Waals surface area (Å²) in [5.41, 5.74) is 15.1. The first-order valence-electron chi connectivity index (χ1n) is 17.2. The van der Waals surface area contributed by atoms with Crippen LogP contribution in [0.25, 0.3) is 0 Å². The number of halogens is 1. The maximum atomic E-state index is 13.9. The quantitative estimate of drug-likeness (QED) is 0.0799. The van der Waals surface area contributed by atoms with Crippen molar-refractivity contribution in [3.63, 3.8) is 0 Å². The van der Waals surface area contributed by atoms with Crippen LogP contribution >= 0.6 is 0 Å². The Hall–Kier alpha value is -5.76. The average Bonchev–Trinajstić information content (AvgIpc) is 3.67. The average molecular weight is 821 g/mol. The van der Waals surface area contributed by atoms with Gasteiger partial charge in [0.25, 0.3) is 5.91 Å². The first-order valence-corrected chi connectivity index (χ1v) is 19.5. The smallest absolute Gasteiger partial charge is 0.261 e. The molecule has 0 saturated carbocycles. The fourth-order valence-corrected chi connectivity index (χ4v) is 10.1. The molecule has 11 nitrogen and oxygen atoms in total. The van der Waals surface area contributed by atoms with Gasteiger partial charge >= 0.3 is 203 Å². The number of alkyl halides is 1. The van der Waals surface area contributed by atoms with E-state index in [9.17, 15) is 9.59 Å². The second-order valence-corrected chi connectivity index (χ2v) is 15.8. The van der Waals surface area contributed by atoms with Gasteiger partial charge in [-0.15, -0.1) is 0 Å². The van der Waals surface area contributed by atoms with Crippen molar-refractivity contribution in [2.75, 3.05) is 33.3 Å². The summed E-state index contributed by atoms with van der Waals surface area (Å²) in [5.74, 6) is 1.71. The van der Waals surface area contributed by atoms with Crippen molar-refractivity contribution >= 4 is 46.5 Å². The molecule has 12 heteroatoms. The Balaban J connectivity index is 0.919. The number of fused-ring (bicyclic) bond motifs is 8. The number of benzene rings is 5. The molecule has 9 rings (SSSR count). The monoisotopic (exact) mass is 820 g/mol. The Morgan fingerprint density at radius 2 is 1.34 bits per heavy atom. The molecule has 0 bridgehead atoms. The summed E-state index contributed by atoms with van der Waals surface area (Å²) in [5, 5.41) is 0. The normalized spacial score (nSPS) is 17.8. The Bertz CT molecular complexity index is 2350. The molecule has 5 aromatic rings. The molecule has 3 N–H and O–H groups in total. The zero-order valence-electron chi connectivity index (χ0n) is 29.0. The molecule has 53 heavy (non-hydrogen) atoms. The molecule has 0 saturated heterocycles. The largest absolute Gasteiger partial charge is 0.299 e. The molecular formula is C41H35IN5O6-. The molecule has 0 radical (unpaired) electrons. The van der Waals surface area contributed by atoms with Crippen molar-refractivity contribution < 1.29 is 50.0 Å². The number of carbonyl (C=O) groups excluding carboxylic acids is 2. The summed E-state index contributed by atoms with van der Waals surface area (Å²) in [6.45, 7) is 0.393. The molecule has 2 atom stereocenters. The number of rotatable bonds is 8. The SMILES string of the molecule is COc1cc2c(cc1OCc1cc(N)cc(COc3cc4c(cc3OC)C(=O)N3c5ccccc5CC3[I-]N4)c1)N=C[C@@H]1Cc3ccccc3N1C2=O. The molecule has 4 aliphatic heterocycles. The summed E-state index contributed by atoms with van der Waals surface area (Å²) in [6, 6.07) is 28.6. The second-order valence-electron chi connectivity index (χ2n) is 13.2. The minimum Gasteiger partial charge on any atom is -0.299 e. The van der Waals surface area contributed by atoms with Crippen molar-refractivity contribution in [3.05, 3.63) is 124 Å². The molecule has 268 valence electrons. The fraction of sp³-hybridized carbons (Fsp3) is 0.195. The summed E-state index contributed by atoms with van der Waals surface area (Å²) in [4.78, 5) is 36.1. The van der Waals surface area contributed by atoms with E-state index >= 15 is 0 Å².